The third-order valence-electron chi connectivity index (χ3n) is 3.30. The van der Waals surface area contributed by atoms with Crippen LogP contribution >= 0.6 is 27.3 Å². The molecule has 1 heterocycles. The van der Waals surface area contributed by atoms with Crippen LogP contribution in [-0.2, 0) is 16.6 Å². The topological polar surface area (TPSA) is 37.4 Å². The van der Waals surface area contributed by atoms with Crippen LogP contribution in [0.4, 0.5) is 0 Å². The van der Waals surface area contributed by atoms with Gasteiger partial charge in [-0.2, -0.15) is 4.31 Å². The first-order valence-corrected chi connectivity index (χ1v) is 9.88. The van der Waals surface area contributed by atoms with E-state index in [0.717, 1.165) is 14.9 Å². The van der Waals surface area contributed by atoms with Gasteiger partial charge in [-0.05, 0) is 33.5 Å². The Kier molecular flexibility index (Phi) is 5.60. The summed E-state index contributed by atoms with van der Waals surface area (Å²) in [5.74, 6) is 0.105. The summed E-state index contributed by atoms with van der Waals surface area (Å²) in [5, 5.41) is 1.96. The van der Waals surface area contributed by atoms with Gasteiger partial charge in [0.1, 0.15) is 0 Å². The zero-order valence-electron chi connectivity index (χ0n) is 12.0. The molecule has 0 N–H and O–H groups in total. The minimum atomic E-state index is -3.27. The number of rotatable bonds is 6. The summed E-state index contributed by atoms with van der Waals surface area (Å²) in [6, 6.07) is 11.7. The van der Waals surface area contributed by atoms with Crippen LogP contribution in [0.1, 0.15) is 23.3 Å². The average Bonchev–Trinajstić information content (AvgIpc) is 2.84. The van der Waals surface area contributed by atoms with Crippen LogP contribution in [0.25, 0.3) is 0 Å². The van der Waals surface area contributed by atoms with Crippen molar-refractivity contribution in [3.05, 3.63) is 56.7 Å². The van der Waals surface area contributed by atoms with Crippen LogP contribution in [0.3, 0.4) is 0 Å². The molecule has 6 heteroatoms. The summed E-state index contributed by atoms with van der Waals surface area (Å²) in [5.41, 5.74) is 1.05. The molecule has 1 aromatic carbocycles. The van der Waals surface area contributed by atoms with E-state index in [2.05, 4.69) is 15.9 Å². The van der Waals surface area contributed by atoms with Crippen molar-refractivity contribution in [1.29, 1.82) is 0 Å². The van der Waals surface area contributed by atoms with Crippen molar-refractivity contribution in [2.75, 3.05) is 12.8 Å². The minimum Gasteiger partial charge on any atom is -0.212 e. The second-order valence-corrected chi connectivity index (χ2v) is 9.11. The molecule has 0 radical (unpaired) electrons. The Labute approximate surface area is 138 Å². The molecule has 3 nitrogen and oxygen atoms in total. The van der Waals surface area contributed by atoms with E-state index in [1.165, 1.54) is 4.31 Å². The van der Waals surface area contributed by atoms with E-state index in [-0.39, 0.29) is 11.7 Å². The number of benzene rings is 1. The Balaban J connectivity index is 2.04. The molecule has 0 saturated heterocycles. The average molecular weight is 388 g/mol. The Morgan fingerprint density at radius 1 is 1.29 bits per heavy atom. The molecule has 21 heavy (non-hydrogen) atoms. The maximum Gasteiger partial charge on any atom is 0.214 e. The highest BCUT2D eigenvalue weighted by Crippen LogP contribution is 2.23. The molecule has 1 atom stereocenters. The quantitative estimate of drug-likeness (QED) is 0.748. The lowest BCUT2D eigenvalue weighted by atomic mass is 10.0. The summed E-state index contributed by atoms with van der Waals surface area (Å²) >= 11 is 4.94. The fourth-order valence-electron chi connectivity index (χ4n) is 2.08. The predicted molar refractivity (Wildman–Crippen MR) is 92.1 cm³/mol. The van der Waals surface area contributed by atoms with Crippen molar-refractivity contribution in [2.24, 2.45) is 0 Å². The first-order chi connectivity index (χ1) is 9.88. The summed E-state index contributed by atoms with van der Waals surface area (Å²) in [7, 11) is -1.63. The van der Waals surface area contributed by atoms with Gasteiger partial charge in [-0.3, -0.25) is 0 Å². The molecule has 1 aromatic heterocycles. The summed E-state index contributed by atoms with van der Waals surface area (Å²) < 4.78 is 27.3. The van der Waals surface area contributed by atoms with Crippen LogP contribution in [0.15, 0.2) is 46.3 Å². The van der Waals surface area contributed by atoms with Crippen LogP contribution in [0.2, 0.25) is 0 Å². The Morgan fingerprint density at radius 3 is 2.52 bits per heavy atom. The molecule has 0 aliphatic heterocycles. The van der Waals surface area contributed by atoms with Crippen molar-refractivity contribution in [3.63, 3.8) is 0 Å². The molecule has 0 bridgehead atoms. The lowest BCUT2D eigenvalue weighted by Gasteiger charge is -2.19. The van der Waals surface area contributed by atoms with E-state index >= 15 is 0 Å². The largest absolute Gasteiger partial charge is 0.214 e. The summed E-state index contributed by atoms with van der Waals surface area (Å²) in [4.78, 5) is 1.03. The van der Waals surface area contributed by atoms with Gasteiger partial charge in [0.05, 0.1) is 5.75 Å². The van der Waals surface area contributed by atoms with Gasteiger partial charge in [-0.25, -0.2) is 8.42 Å². The second-order valence-electron chi connectivity index (χ2n) is 5.08. The highest BCUT2D eigenvalue weighted by Gasteiger charge is 2.22. The number of hydrogen-bond acceptors (Lipinski definition) is 3. The van der Waals surface area contributed by atoms with Gasteiger partial charge in [0.15, 0.2) is 0 Å². The molecule has 114 valence electrons. The SMILES string of the molecule is CC(CS(=O)(=O)N(C)Cc1cc(Br)cs1)c1ccccc1. The fourth-order valence-corrected chi connectivity index (χ4v) is 5.08. The van der Waals surface area contributed by atoms with Gasteiger partial charge in [0.2, 0.25) is 10.0 Å². The first kappa shape index (κ1) is 16.7. The normalized spacial score (nSPS) is 13.5. The van der Waals surface area contributed by atoms with Crippen LogP contribution in [0, 0.1) is 0 Å². The predicted octanol–water partition coefficient (Wildman–Crippen LogP) is 4.08. The zero-order chi connectivity index (χ0) is 15.5. The molecule has 0 spiro atoms. The van der Waals surface area contributed by atoms with Gasteiger partial charge in [-0.1, -0.05) is 37.3 Å². The Bertz CT molecular complexity index is 683. The molecule has 2 rings (SSSR count). The van der Waals surface area contributed by atoms with Gasteiger partial charge in [0, 0.05) is 28.3 Å². The molecular weight excluding hydrogens is 370 g/mol. The second kappa shape index (κ2) is 7.05. The van der Waals surface area contributed by atoms with Crippen LogP contribution < -0.4 is 0 Å². The van der Waals surface area contributed by atoms with Crippen molar-refractivity contribution in [2.45, 2.75) is 19.4 Å². The molecule has 2 aromatic rings. The molecule has 0 aliphatic rings. The third-order valence-corrected chi connectivity index (χ3v) is 6.99. The van der Waals surface area contributed by atoms with Gasteiger partial charge < -0.3 is 0 Å². The van der Waals surface area contributed by atoms with Crippen molar-refractivity contribution in [3.8, 4) is 0 Å². The zero-order valence-corrected chi connectivity index (χ0v) is 15.2. The smallest absolute Gasteiger partial charge is 0.212 e. The van der Waals surface area contributed by atoms with E-state index in [4.69, 9.17) is 0 Å². The van der Waals surface area contributed by atoms with Gasteiger partial charge in [-0.15, -0.1) is 11.3 Å². The number of nitrogens with zero attached hydrogens (tertiary/aromatic N) is 1. The van der Waals surface area contributed by atoms with E-state index in [0.29, 0.717) is 6.54 Å². The summed E-state index contributed by atoms with van der Waals surface area (Å²) in [6.07, 6.45) is 0. The number of halogens is 1. The van der Waals surface area contributed by atoms with Crippen molar-refractivity contribution < 1.29 is 8.42 Å². The standard InChI is InChI=1S/C15H18BrNO2S2/c1-12(13-6-4-3-5-7-13)11-21(18,19)17(2)9-15-8-14(16)10-20-15/h3-8,10,12H,9,11H2,1-2H3. The van der Waals surface area contributed by atoms with E-state index < -0.39 is 10.0 Å². The van der Waals surface area contributed by atoms with E-state index in [9.17, 15) is 8.42 Å². The highest BCUT2D eigenvalue weighted by atomic mass is 79.9. The fraction of sp³-hybridized carbons (Fsp3) is 0.333. The molecule has 1 unspecified atom stereocenters. The Morgan fingerprint density at radius 2 is 1.95 bits per heavy atom. The van der Waals surface area contributed by atoms with Crippen LogP contribution in [0.5, 0.6) is 0 Å². The maximum atomic E-state index is 12.4. The lowest BCUT2D eigenvalue weighted by molar-refractivity contribution is 0.466. The van der Waals surface area contributed by atoms with Gasteiger partial charge >= 0.3 is 0 Å². The maximum absolute atomic E-state index is 12.4. The number of hydrogen-bond donors (Lipinski definition) is 0. The molecule has 0 fully saturated rings. The van der Waals surface area contributed by atoms with E-state index in [1.54, 1.807) is 18.4 Å². The lowest BCUT2D eigenvalue weighted by Crippen LogP contribution is -2.30. The molecule has 0 saturated carbocycles. The minimum absolute atomic E-state index is 0.0197. The summed E-state index contributed by atoms with van der Waals surface area (Å²) in [6.45, 7) is 2.36. The highest BCUT2D eigenvalue weighted by molar-refractivity contribution is 9.10. The Hall–Kier alpha value is -0.690. The first-order valence-electron chi connectivity index (χ1n) is 6.60. The molecule has 0 aliphatic carbocycles. The van der Waals surface area contributed by atoms with Crippen molar-refractivity contribution in [1.82, 2.24) is 4.31 Å². The van der Waals surface area contributed by atoms with Crippen LogP contribution in [-0.4, -0.2) is 25.5 Å². The monoisotopic (exact) mass is 387 g/mol. The van der Waals surface area contributed by atoms with Gasteiger partial charge in [0.25, 0.3) is 0 Å². The van der Waals surface area contributed by atoms with Crippen molar-refractivity contribution >= 4 is 37.3 Å². The van der Waals surface area contributed by atoms with E-state index in [1.807, 2.05) is 48.7 Å². The molecular formula is C15H18BrNO2S2. The number of sulfonamides is 1. The number of thiophene rings is 1. The molecule has 0 amide bonds. The third kappa shape index (κ3) is 4.64.